The van der Waals surface area contributed by atoms with Crippen LogP contribution in [0.4, 0.5) is 10.2 Å². The average molecular weight is 597 g/mol. The van der Waals surface area contributed by atoms with E-state index in [-0.39, 0.29) is 17.7 Å². The van der Waals surface area contributed by atoms with Crippen LogP contribution in [0.1, 0.15) is 93.1 Å². The minimum absolute atomic E-state index is 0.0270. The van der Waals surface area contributed by atoms with Crippen LogP contribution in [-0.2, 0) is 22.4 Å². The van der Waals surface area contributed by atoms with Gasteiger partial charge in [0.15, 0.2) is 11.6 Å². The number of nitrogens with one attached hydrogen (secondary N) is 1. The zero-order valence-corrected chi connectivity index (χ0v) is 26.1. The molecule has 2 aromatic rings. The third-order valence-corrected chi connectivity index (χ3v) is 9.16. The van der Waals surface area contributed by atoms with E-state index in [9.17, 15) is 9.90 Å². The monoisotopic (exact) mass is 596 g/mol. The first-order valence-electron chi connectivity index (χ1n) is 16.3. The molecule has 0 unspecified atom stereocenters. The molecule has 8 nitrogen and oxygen atoms in total. The second kappa shape index (κ2) is 14.8. The summed E-state index contributed by atoms with van der Waals surface area (Å²) < 4.78 is 26.4. The van der Waals surface area contributed by atoms with Crippen LogP contribution in [0.5, 0.6) is 5.75 Å². The summed E-state index contributed by atoms with van der Waals surface area (Å²) in [4.78, 5) is 22.0. The lowest BCUT2D eigenvalue weighted by molar-refractivity contribution is -0.143. The zero-order valence-electron chi connectivity index (χ0n) is 26.1. The van der Waals surface area contributed by atoms with Gasteiger partial charge in [0.05, 0.1) is 19.8 Å². The third-order valence-electron chi connectivity index (χ3n) is 9.16. The fourth-order valence-corrected chi connectivity index (χ4v) is 6.53. The fraction of sp³-hybridized carbons (Fsp3) is 0.647. The number of benzene rings is 1. The molecule has 3 aliphatic rings. The molecule has 2 N–H and O–H groups in total. The molecule has 5 rings (SSSR count). The number of fused-ring (bicyclic) bond motifs is 1. The van der Waals surface area contributed by atoms with Gasteiger partial charge in [-0.05, 0) is 93.2 Å². The minimum Gasteiger partial charge on any atom is -0.493 e. The molecule has 2 atom stereocenters. The Morgan fingerprint density at radius 2 is 2.02 bits per heavy atom. The summed E-state index contributed by atoms with van der Waals surface area (Å²) in [6, 6.07) is 6.94. The second-order valence-electron chi connectivity index (χ2n) is 12.7. The number of likely N-dealkylation sites (tertiary alicyclic amines) is 1. The lowest BCUT2D eigenvalue weighted by Gasteiger charge is -2.31. The number of hydrogen-bond donors (Lipinski definition) is 2. The summed E-state index contributed by atoms with van der Waals surface area (Å²) in [7, 11) is 1.41. The van der Waals surface area contributed by atoms with Gasteiger partial charge in [-0.2, -0.15) is 0 Å². The molecule has 0 radical (unpaired) electrons. The number of aromatic nitrogens is 1. The van der Waals surface area contributed by atoms with Crippen LogP contribution in [0.25, 0.3) is 0 Å². The summed E-state index contributed by atoms with van der Waals surface area (Å²) in [6.45, 7) is 8.70. The molecule has 9 heteroatoms. The molecular formula is C34H49FN4O4. The number of rotatable bonds is 16. The predicted molar refractivity (Wildman–Crippen MR) is 167 cm³/mol. The lowest BCUT2D eigenvalue weighted by atomic mass is 9.95. The fourth-order valence-electron chi connectivity index (χ4n) is 6.53. The highest BCUT2D eigenvalue weighted by Crippen LogP contribution is 2.37. The number of aryl methyl sites for hydroxylation is 2. The summed E-state index contributed by atoms with van der Waals surface area (Å²) in [5.74, 6) is -0.326. The SMILES string of the molecule is COc1c(F)cc(C(C)C)cc1[C@@H](C(=O)O)N1CC[C@@H](N(CCCCCc2ccc3c(n2)NCCC3)CCOC2CC2)C1. The third kappa shape index (κ3) is 8.25. The van der Waals surface area contributed by atoms with Crippen molar-refractivity contribution in [2.75, 3.05) is 51.8 Å². The molecule has 0 amide bonds. The number of carboxylic acids is 1. The molecule has 1 aromatic heterocycles. The van der Waals surface area contributed by atoms with Crippen LogP contribution < -0.4 is 10.1 Å². The Kier molecular flexibility index (Phi) is 10.9. The van der Waals surface area contributed by atoms with Gasteiger partial charge in [0.25, 0.3) is 0 Å². The van der Waals surface area contributed by atoms with Gasteiger partial charge in [-0.15, -0.1) is 0 Å². The van der Waals surface area contributed by atoms with Gasteiger partial charge in [-0.25, -0.2) is 9.37 Å². The van der Waals surface area contributed by atoms with E-state index >= 15 is 4.39 Å². The maximum Gasteiger partial charge on any atom is 0.325 e. The Labute approximate surface area is 256 Å². The highest BCUT2D eigenvalue weighted by Gasteiger charge is 2.38. The maximum absolute atomic E-state index is 15.0. The van der Waals surface area contributed by atoms with E-state index in [1.165, 1.54) is 25.2 Å². The molecule has 0 spiro atoms. The first-order chi connectivity index (χ1) is 20.8. The molecule has 1 saturated carbocycles. The van der Waals surface area contributed by atoms with Crippen LogP contribution in [0.3, 0.4) is 0 Å². The molecule has 0 bridgehead atoms. The van der Waals surface area contributed by atoms with Gasteiger partial charge in [0.2, 0.25) is 0 Å². The Balaban J connectivity index is 1.20. The number of aliphatic carboxylic acids is 1. The van der Waals surface area contributed by atoms with E-state index in [0.29, 0.717) is 31.4 Å². The number of methoxy groups -OCH3 is 1. The number of halogens is 1. The van der Waals surface area contributed by atoms with Crippen molar-refractivity contribution in [3.05, 3.63) is 52.5 Å². The number of carboxylic acid groups (broad SMARTS) is 1. The molecule has 1 aromatic carbocycles. The van der Waals surface area contributed by atoms with Crippen LogP contribution in [0, 0.1) is 5.82 Å². The number of anilines is 1. The molecule has 1 saturated heterocycles. The molecular weight excluding hydrogens is 547 g/mol. The van der Waals surface area contributed by atoms with E-state index < -0.39 is 17.8 Å². The number of carbonyl (C=O) groups is 1. The van der Waals surface area contributed by atoms with Crippen molar-refractivity contribution in [3.8, 4) is 5.75 Å². The molecule has 3 heterocycles. The highest BCUT2D eigenvalue weighted by molar-refractivity contribution is 5.77. The normalized spacial score (nSPS) is 19.4. The van der Waals surface area contributed by atoms with Gasteiger partial charge in [0.1, 0.15) is 11.9 Å². The Bertz CT molecular complexity index is 1240. The van der Waals surface area contributed by atoms with Gasteiger partial charge in [-0.1, -0.05) is 26.3 Å². The van der Waals surface area contributed by atoms with Gasteiger partial charge in [-0.3, -0.25) is 14.6 Å². The van der Waals surface area contributed by atoms with E-state index in [1.54, 1.807) is 0 Å². The maximum atomic E-state index is 15.0. The smallest absolute Gasteiger partial charge is 0.325 e. The van der Waals surface area contributed by atoms with Gasteiger partial charge >= 0.3 is 5.97 Å². The van der Waals surface area contributed by atoms with Gasteiger partial charge < -0.3 is 19.9 Å². The molecule has 2 fully saturated rings. The summed E-state index contributed by atoms with van der Waals surface area (Å²) in [6.07, 6.45) is 10.1. The van der Waals surface area contributed by atoms with Crippen molar-refractivity contribution in [2.45, 2.75) is 95.7 Å². The van der Waals surface area contributed by atoms with Crippen molar-refractivity contribution in [2.24, 2.45) is 0 Å². The van der Waals surface area contributed by atoms with E-state index in [0.717, 1.165) is 88.1 Å². The van der Waals surface area contributed by atoms with E-state index in [2.05, 4.69) is 22.3 Å². The highest BCUT2D eigenvalue weighted by atomic mass is 19.1. The summed E-state index contributed by atoms with van der Waals surface area (Å²) in [5, 5.41) is 13.8. The standard InChI is InChI=1S/C34H49FN4O4/c1-23(2)25-20-29(32(42-3)30(35)21-25)31(34(40)41)39-17-14-27(22-39)38(18-19-43-28-12-13-28)16-6-4-5-9-26-11-10-24-8-7-15-36-33(24)37-26/h10-11,20-21,23,27-28,31H,4-9,12-19,22H2,1-3H3,(H,36,37)(H,40,41)/t27-,31+/m1/s1. The lowest BCUT2D eigenvalue weighted by Crippen LogP contribution is -2.41. The largest absolute Gasteiger partial charge is 0.493 e. The topological polar surface area (TPSA) is 87.2 Å². The number of nitrogens with zero attached hydrogens (tertiary/aromatic N) is 3. The number of unbranched alkanes of at least 4 members (excludes halogenated alkanes) is 2. The van der Waals surface area contributed by atoms with Gasteiger partial charge in [0, 0.05) is 43.5 Å². The van der Waals surface area contributed by atoms with E-state index in [1.807, 2.05) is 24.8 Å². The van der Waals surface area contributed by atoms with E-state index in [4.69, 9.17) is 14.5 Å². The molecule has 2 aliphatic heterocycles. The van der Waals surface area contributed by atoms with Crippen LogP contribution in [0.15, 0.2) is 24.3 Å². The van der Waals surface area contributed by atoms with Crippen molar-refractivity contribution >= 4 is 11.8 Å². The molecule has 43 heavy (non-hydrogen) atoms. The van der Waals surface area contributed by atoms with Crippen molar-refractivity contribution < 1.29 is 23.8 Å². The van der Waals surface area contributed by atoms with Crippen molar-refractivity contribution in [1.29, 1.82) is 0 Å². The Morgan fingerprint density at radius 3 is 2.77 bits per heavy atom. The molecule has 1 aliphatic carbocycles. The quantitative estimate of drug-likeness (QED) is 0.235. The predicted octanol–water partition coefficient (Wildman–Crippen LogP) is 5.80. The average Bonchev–Trinajstić information content (AvgIpc) is 3.70. The first-order valence-corrected chi connectivity index (χ1v) is 16.3. The Hall–Kier alpha value is -2.75. The zero-order chi connectivity index (χ0) is 30.3. The van der Waals surface area contributed by atoms with Crippen molar-refractivity contribution in [1.82, 2.24) is 14.8 Å². The Morgan fingerprint density at radius 1 is 1.19 bits per heavy atom. The minimum atomic E-state index is -0.978. The van der Waals surface area contributed by atoms with Crippen LogP contribution in [-0.4, -0.2) is 84.4 Å². The summed E-state index contributed by atoms with van der Waals surface area (Å²) in [5.41, 5.74) is 3.65. The van der Waals surface area contributed by atoms with Crippen LogP contribution >= 0.6 is 0 Å². The number of pyridine rings is 1. The second-order valence-corrected chi connectivity index (χ2v) is 12.7. The van der Waals surface area contributed by atoms with Crippen LogP contribution in [0.2, 0.25) is 0 Å². The number of hydrogen-bond acceptors (Lipinski definition) is 7. The first kappa shape index (κ1) is 31.7. The van der Waals surface area contributed by atoms with Crippen molar-refractivity contribution in [3.63, 3.8) is 0 Å². The number of ether oxygens (including phenoxy) is 2. The summed E-state index contributed by atoms with van der Waals surface area (Å²) >= 11 is 0. The molecule has 236 valence electrons.